The van der Waals surface area contributed by atoms with Crippen molar-refractivity contribution in [1.29, 1.82) is 0 Å². The van der Waals surface area contributed by atoms with Crippen molar-refractivity contribution in [3.8, 4) is 16.5 Å². The molecule has 0 saturated heterocycles. The molecule has 1 aromatic carbocycles. The Bertz CT molecular complexity index is 939. The van der Waals surface area contributed by atoms with Crippen LogP contribution in [-0.4, -0.2) is 31.5 Å². The minimum atomic E-state index is -3.55. The van der Waals surface area contributed by atoms with E-state index in [0.717, 1.165) is 16.4 Å². The van der Waals surface area contributed by atoms with Gasteiger partial charge in [-0.05, 0) is 43.3 Å². The predicted octanol–water partition coefficient (Wildman–Crippen LogP) is 3.12. The van der Waals surface area contributed by atoms with Gasteiger partial charge in [-0.1, -0.05) is 6.07 Å². The minimum absolute atomic E-state index is 0.216. The Morgan fingerprint density at radius 2 is 1.96 bits per heavy atom. The van der Waals surface area contributed by atoms with Crippen LogP contribution in [0.5, 0.6) is 5.75 Å². The summed E-state index contributed by atoms with van der Waals surface area (Å²) >= 11 is 1.50. The number of rotatable bonds is 8. The van der Waals surface area contributed by atoms with E-state index < -0.39 is 10.0 Å². The number of nitrogens with zero attached hydrogens (tertiary/aromatic N) is 2. The average molecular weight is 390 g/mol. The van der Waals surface area contributed by atoms with Crippen molar-refractivity contribution < 1.29 is 13.2 Å². The highest BCUT2D eigenvalue weighted by atomic mass is 32.2. The van der Waals surface area contributed by atoms with Gasteiger partial charge in [0.05, 0.1) is 22.9 Å². The summed E-state index contributed by atoms with van der Waals surface area (Å²) in [4.78, 5) is 8.99. The fraction of sp³-hybridized carbons (Fsp3) is 0.222. The SMILES string of the molecule is CCOc1ccc(S(=O)(=O)NCCc2csc(-c3ccccn3)n2)cc1. The van der Waals surface area contributed by atoms with Gasteiger partial charge >= 0.3 is 0 Å². The van der Waals surface area contributed by atoms with E-state index in [-0.39, 0.29) is 11.4 Å². The smallest absolute Gasteiger partial charge is 0.240 e. The normalized spacial score (nSPS) is 11.4. The molecule has 136 valence electrons. The lowest BCUT2D eigenvalue weighted by Crippen LogP contribution is -2.26. The molecule has 2 heterocycles. The Balaban J connectivity index is 1.58. The molecule has 0 unspecified atom stereocenters. The van der Waals surface area contributed by atoms with Crippen LogP contribution in [-0.2, 0) is 16.4 Å². The number of nitrogens with one attached hydrogen (secondary N) is 1. The summed E-state index contributed by atoms with van der Waals surface area (Å²) in [6.45, 7) is 2.70. The van der Waals surface area contributed by atoms with Gasteiger partial charge in [0, 0.05) is 24.5 Å². The first-order valence-electron chi connectivity index (χ1n) is 8.17. The lowest BCUT2D eigenvalue weighted by molar-refractivity contribution is 0.340. The van der Waals surface area contributed by atoms with Gasteiger partial charge < -0.3 is 4.74 Å². The quantitative estimate of drug-likeness (QED) is 0.640. The molecule has 0 bridgehead atoms. The van der Waals surface area contributed by atoms with E-state index in [9.17, 15) is 8.42 Å². The first-order valence-corrected chi connectivity index (χ1v) is 10.5. The van der Waals surface area contributed by atoms with Gasteiger partial charge in [0.2, 0.25) is 10.0 Å². The maximum Gasteiger partial charge on any atom is 0.240 e. The fourth-order valence-corrected chi connectivity index (χ4v) is 4.17. The highest BCUT2D eigenvalue weighted by Gasteiger charge is 2.14. The molecule has 0 atom stereocenters. The van der Waals surface area contributed by atoms with Gasteiger partial charge in [-0.25, -0.2) is 18.1 Å². The zero-order chi connectivity index (χ0) is 18.4. The van der Waals surface area contributed by atoms with E-state index in [1.807, 2.05) is 30.5 Å². The molecule has 0 spiro atoms. The molecule has 0 aliphatic heterocycles. The first-order chi connectivity index (χ1) is 12.6. The van der Waals surface area contributed by atoms with Crippen LogP contribution in [0.1, 0.15) is 12.6 Å². The Labute approximate surface area is 157 Å². The monoisotopic (exact) mass is 389 g/mol. The first kappa shape index (κ1) is 18.5. The van der Waals surface area contributed by atoms with Crippen LogP contribution in [0.25, 0.3) is 10.7 Å². The van der Waals surface area contributed by atoms with Gasteiger partial charge in [0.1, 0.15) is 10.8 Å². The molecule has 0 aliphatic carbocycles. The molecule has 6 nitrogen and oxygen atoms in total. The zero-order valence-corrected chi connectivity index (χ0v) is 15.9. The summed E-state index contributed by atoms with van der Waals surface area (Å²) in [5.74, 6) is 0.649. The topological polar surface area (TPSA) is 81.2 Å². The van der Waals surface area contributed by atoms with Crippen LogP contribution in [0.2, 0.25) is 0 Å². The zero-order valence-electron chi connectivity index (χ0n) is 14.3. The van der Waals surface area contributed by atoms with Crippen molar-refractivity contribution >= 4 is 21.4 Å². The molecular weight excluding hydrogens is 370 g/mol. The third-order valence-corrected chi connectivity index (χ3v) is 5.94. The van der Waals surface area contributed by atoms with Crippen molar-refractivity contribution in [3.05, 3.63) is 59.7 Å². The molecule has 0 radical (unpaired) electrons. The number of benzene rings is 1. The summed E-state index contributed by atoms with van der Waals surface area (Å²) in [7, 11) is -3.55. The van der Waals surface area contributed by atoms with Gasteiger partial charge in [0.25, 0.3) is 0 Å². The fourth-order valence-electron chi connectivity index (χ4n) is 2.31. The van der Waals surface area contributed by atoms with Crippen LogP contribution in [0.15, 0.2) is 58.9 Å². The van der Waals surface area contributed by atoms with Crippen LogP contribution in [0.3, 0.4) is 0 Å². The maximum atomic E-state index is 12.3. The largest absolute Gasteiger partial charge is 0.494 e. The Kier molecular flexibility index (Phi) is 5.97. The van der Waals surface area contributed by atoms with Crippen LogP contribution >= 0.6 is 11.3 Å². The molecule has 0 amide bonds. The number of aromatic nitrogens is 2. The van der Waals surface area contributed by atoms with Crippen LogP contribution < -0.4 is 9.46 Å². The third kappa shape index (κ3) is 4.66. The number of hydrogen-bond acceptors (Lipinski definition) is 6. The second kappa shape index (κ2) is 8.39. The Morgan fingerprint density at radius 3 is 2.65 bits per heavy atom. The van der Waals surface area contributed by atoms with E-state index >= 15 is 0 Å². The summed E-state index contributed by atoms with van der Waals surface area (Å²) in [5.41, 5.74) is 1.66. The number of hydrogen-bond donors (Lipinski definition) is 1. The number of sulfonamides is 1. The van der Waals surface area contributed by atoms with E-state index in [0.29, 0.717) is 18.8 Å². The summed E-state index contributed by atoms with van der Waals surface area (Å²) in [5, 5.41) is 2.75. The molecule has 26 heavy (non-hydrogen) atoms. The molecule has 0 saturated carbocycles. The number of ether oxygens (including phenoxy) is 1. The second-order valence-corrected chi connectivity index (χ2v) is 8.04. The molecule has 8 heteroatoms. The van der Waals surface area contributed by atoms with E-state index in [1.165, 1.54) is 23.5 Å². The van der Waals surface area contributed by atoms with Crippen LogP contribution in [0, 0.1) is 0 Å². The molecule has 0 fully saturated rings. The van der Waals surface area contributed by atoms with Crippen molar-refractivity contribution in [2.75, 3.05) is 13.2 Å². The maximum absolute atomic E-state index is 12.3. The molecular formula is C18H19N3O3S2. The highest BCUT2D eigenvalue weighted by Crippen LogP contribution is 2.21. The van der Waals surface area contributed by atoms with Gasteiger partial charge in [-0.15, -0.1) is 11.3 Å². The van der Waals surface area contributed by atoms with E-state index in [4.69, 9.17) is 4.74 Å². The predicted molar refractivity (Wildman–Crippen MR) is 102 cm³/mol. The molecule has 3 rings (SSSR count). The van der Waals surface area contributed by atoms with Gasteiger partial charge in [-0.2, -0.15) is 0 Å². The lowest BCUT2D eigenvalue weighted by atomic mass is 10.3. The van der Waals surface area contributed by atoms with Crippen molar-refractivity contribution in [2.24, 2.45) is 0 Å². The molecule has 3 aromatic rings. The van der Waals surface area contributed by atoms with E-state index in [2.05, 4.69) is 14.7 Å². The summed E-state index contributed by atoms with van der Waals surface area (Å²) in [6.07, 6.45) is 2.24. The molecule has 2 aromatic heterocycles. The van der Waals surface area contributed by atoms with Crippen molar-refractivity contribution in [1.82, 2.24) is 14.7 Å². The minimum Gasteiger partial charge on any atom is -0.494 e. The Morgan fingerprint density at radius 1 is 1.15 bits per heavy atom. The summed E-state index contributed by atoms with van der Waals surface area (Å²) in [6, 6.07) is 12.0. The van der Waals surface area contributed by atoms with Gasteiger partial charge in [0.15, 0.2) is 0 Å². The van der Waals surface area contributed by atoms with Crippen molar-refractivity contribution in [3.63, 3.8) is 0 Å². The van der Waals surface area contributed by atoms with E-state index in [1.54, 1.807) is 18.3 Å². The summed E-state index contributed by atoms with van der Waals surface area (Å²) < 4.78 is 32.6. The lowest BCUT2D eigenvalue weighted by Gasteiger charge is -2.07. The van der Waals surface area contributed by atoms with Gasteiger partial charge in [-0.3, -0.25) is 4.98 Å². The third-order valence-electron chi connectivity index (χ3n) is 3.55. The molecule has 1 N–H and O–H groups in total. The molecule has 0 aliphatic rings. The number of pyridine rings is 1. The second-order valence-electron chi connectivity index (χ2n) is 5.41. The average Bonchev–Trinajstić information content (AvgIpc) is 3.12. The standard InChI is InChI=1S/C18H19N3O3S2/c1-2-24-15-6-8-16(9-7-15)26(22,23)20-12-10-14-13-25-18(21-14)17-5-3-4-11-19-17/h3-9,11,13,20H,2,10,12H2,1H3. The van der Waals surface area contributed by atoms with Crippen molar-refractivity contribution in [2.45, 2.75) is 18.2 Å². The number of thiazole rings is 1. The van der Waals surface area contributed by atoms with Crippen LogP contribution in [0.4, 0.5) is 0 Å². The Hall–Kier alpha value is -2.29. The highest BCUT2D eigenvalue weighted by molar-refractivity contribution is 7.89.